The molecule has 0 amide bonds. The molecule has 1 aliphatic heterocycles. The van der Waals surface area contributed by atoms with Gasteiger partial charge in [0, 0.05) is 38.6 Å². The second kappa shape index (κ2) is 9.82. The highest BCUT2D eigenvalue weighted by Gasteiger charge is 2.40. The van der Waals surface area contributed by atoms with Crippen LogP contribution in [0.5, 0.6) is 0 Å². The van der Waals surface area contributed by atoms with Crippen molar-refractivity contribution >= 4 is 28.5 Å². The van der Waals surface area contributed by atoms with Crippen molar-refractivity contribution in [3.8, 4) is 28.5 Å². The van der Waals surface area contributed by atoms with E-state index in [-0.39, 0.29) is 6.04 Å². The molecule has 3 heterocycles. The summed E-state index contributed by atoms with van der Waals surface area (Å²) in [6.07, 6.45) is 4.56. The Labute approximate surface area is 254 Å². The largest absolute Gasteiger partial charge is 0.438 e. The minimum atomic E-state index is -0.144. The molecule has 5 nitrogen and oxygen atoms in total. The lowest BCUT2D eigenvalue weighted by Gasteiger charge is -2.23. The third kappa shape index (κ3) is 3.73. The fourth-order valence-corrected chi connectivity index (χ4v) is 6.69. The molecule has 1 aliphatic carbocycles. The van der Waals surface area contributed by atoms with Crippen LogP contribution in [-0.4, -0.2) is 19.5 Å². The molecule has 1 unspecified atom stereocenters. The fourth-order valence-electron chi connectivity index (χ4n) is 6.69. The van der Waals surface area contributed by atoms with Gasteiger partial charge in [-0.1, -0.05) is 103 Å². The zero-order chi connectivity index (χ0) is 29.0. The molecule has 2 aliphatic rings. The third-order valence-electron chi connectivity index (χ3n) is 8.59. The number of hydrogen-bond acceptors (Lipinski definition) is 3. The van der Waals surface area contributed by atoms with Crippen molar-refractivity contribution in [2.75, 3.05) is 0 Å². The van der Waals surface area contributed by atoms with Crippen LogP contribution in [0.25, 0.3) is 51.0 Å². The summed E-state index contributed by atoms with van der Waals surface area (Å²) in [4.78, 5) is 15.3. The van der Waals surface area contributed by atoms with Crippen LogP contribution < -0.4 is 15.2 Å². The third-order valence-corrected chi connectivity index (χ3v) is 8.59. The highest BCUT2D eigenvalue weighted by Crippen LogP contribution is 2.43. The Morgan fingerprint density at radius 3 is 1.84 bits per heavy atom. The van der Waals surface area contributed by atoms with Gasteiger partial charge in [0.25, 0.3) is 0 Å². The van der Waals surface area contributed by atoms with Gasteiger partial charge in [0.2, 0.25) is 11.6 Å². The quantitative estimate of drug-likeness (QED) is 0.219. The molecular formula is C39H26N5+. The predicted molar refractivity (Wildman–Crippen MR) is 176 cm³/mol. The molecule has 7 aromatic rings. The molecule has 0 spiro atoms. The fraction of sp³-hybridized carbons (Fsp3) is 0.0256. The lowest BCUT2D eigenvalue weighted by Crippen LogP contribution is -2.33. The van der Waals surface area contributed by atoms with E-state index >= 15 is 0 Å². The molecule has 0 fully saturated rings. The van der Waals surface area contributed by atoms with Gasteiger partial charge in [0.15, 0.2) is 6.04 Å². The van der Waals surface area contributed by atoms with E-state index in [9.17, 15) is 0 Å². The van der Waals surface area contributed by atoms with Crippen LogP contribution in [0.2, 0.25) is 0 Å². The van der Waals surface area contributed by atoms with Crippen molar-refractivity contribution in [2.24, 2.45) is 0 Å². The minimum absolute atomic E-state index is 0.144. The van der Waals surface area contributed by atoms with Crippen LogP contribution in [0, 0.1) is 0 Å². The molecule has 0 N–H and O–H groups in total. The van der Waals surface area contributed by atoms with E-state index in [1.165, 1.54) is 33.0 Å². The van der Waals surface area contributed by atoms with Crippen molar-refractivity contribution in [1.82, 2.24) is 24.1 Å². The van der Waals surface area contributed by atoms with Crippen LogP contribution >= 0.6 is 0 Å². The molecule has 5 aromatic carbocycles. The van der Waals surface area contributed by atoms with E-state index in [0.29, 0.717) is 17.6 Å². The Morgan fingerprint density at radius 2 is 1.14 bits per heavy atom. The molecule has 0 bridgehead atoms. The molecular weight excluding hydrogens is 538 g/mol. The minimum Gasteiger partial charge on any atom is -0.309 e. The number of nitrogens with zero attached hydrogens (tertiary/aromatic N) is 5. The molecule has 9 rings (SSSR count). The second-order valence-corrected chi connectivity index (χ2v) is 11.1. The maximum atomic E-state index is 5.19. The number of hydrogen-bond donors (Lipinski definition) is 0. The Hall–Kier alpha value is -5.94. The first-order valence-corrected chi connectivity index (χ1v) is 14.8. The van der Waals surface area contributed by atoms with Gasteiger partial charge < -0.3 is 4.57 Å². The molecule has 44 heavy (non-hydrogen) atoms. The van der Waals surface area contributed by atoms with Gasteiger partial charge >= 0.3 is 5.95 Å². The highest BCUT2D eigenvalue weighted by atomic mass is 15.2. The average molecular weight is 565 g/mol. The molecule has 2 aromatic heterocycles. The van der Waals surface area contributed by atoms with Crippen LogP contribution in [0.1, 0.15) is 17.3 Å². The number of fused-ring (bicyclic) bond motifs is 6. The Balaban J connectivity index is 1.38. The predicted octanol–water partition coefficient (Wildman–Crippen LogP) is 6.90. The van der Waals surface area contributed by atoms with Crippen molar-refractivity contribution < 1.29 is 0 Å². The van der Waals surface area contributed by atoms with Gasteiger partial charge in [-0.2, -0.15) is 4.98 Å². The van der Waals surface area contributed by atoms with Gasteiger partial charge in [-0.3, -0.25) is 0 Å². The van der Waals surface area contributed by atoms with Crippen LogP contribution in [0.15, 0.2) is 146 Å². The summed E-state index contributed by atoms with van der Waals surface area (Å²) in [5.74, 6) is 1.92. The summed E-state index contributed by atoms with van der Waals surface area (Å²) in [5, 5.41) is 3.49. The van der Waals surface area contributed by atoms with Gasteiger partial charge in [0.05, 0.1) is 11.2 Å². The zero-order valence-electron chi connectivity index (χ0n) is 23.7. The molecule has 1 atom stereocenters. The van der Waals surface area contributed by atoms with Gasteiger partial charge in [-0.25, -0.2) is 4.58 Å². The summed E-state index contributed by atoms with van der Waals surface area (Å²) in [6, 6.07) is 48.1. The molecule has 0 radical (unpaired) electrons. The SMILES string of the molecule is C1=Cc2c(n(-c3ccccc3)c3ccccc23)C2C1=c1ccccc1=[N+]2c1nc(-c2ccccc2)nc(-c2ccccc2)n1. The maximum absolute atomic E-state index is 5.19. The van der Waals surface area contributed by atoms with Crippen molar-refractivity contribution in [1.29, 1.82) is 0 Å². The highest BCUT2D eigenvalue weighted by molar-refractivity contribution is 5.97. The van der Waals surface area contributed by atoms with Gasteiger partial charge in [-0.15, -0.1) is 0 Å². The number of para-hydroxylation sites is 3. The number of benzene rings is 5. The first-order chi connectivity index (χ1) is 21.8. The second-order valence-electron chi connectivity index (χ2n) is 11.1. The average Bonchev–Trinajstić information content (AvgIpc) is 3.62. The lowest BCUT2D eigenvalue weighted by atomic mass is 9.93. The van der Waals surface area contributed by atoms with E-state index in [0.717, 1.165) is 22.2 Å². The van der Waals surface area contributed by atoms with Crippen molar-refractivity contribution in [3.05, 3.63) is 167 Å². The summed E-state index contributed by atoms with van der Waals surface area (Å²) in [5.41, 5.74) is 7.86. The molecule has 0 saturated heterocycles. The molecule has 0 saturated carbocycles. The van der Waals surface area contributed by atoms with Crippen LogP contribution in [0.3, 0.4) is 0 Å². The number of aromatic nitrogens is 4. The number of rotatable bonds is 4. The maximum Gasteiger partial charge on any atom is 0.438 e. The molecule has 206 valence electrons. The Kier molecular flexibility index (Phi) is 5.50. The van der Waals surface area contributed by atoms with Crippen LogP contribution in [-0.2, 0) is 0 Å². The monoisotopic (exact) mass is 564 g/mol. The summed E-state index contributed by atoms with van der Waals surface area (Å²) in [7, 11) is 0. The lowest BCUT2D eigenvalue weighted by molar-refractivity contribution is 0.621. The smallest absolute Gasteiger partial charge is 0.309 e. The zero-order valence-corrected chi connectivity index (χ0v) is 23.7. The molecule has 5 heteroatoms. The van der Waals surface area contributed by atoms with E-state index in [1.807, 2.05) is 36.4 Å². The normalized spacial score (nSPS) is 14.9. The van der Waals surface area contributed by atoms with E-state index in [4.69, 9.17) is 15.0 Å². The van der Waals surface area contributed by atoms with Crippen molar-refractivity contribution in [2.45, 2.75) is 6.04 Å². The summed E-state index contributed by atoms with van der Waals surface area (Å²) in [6.45, 7) is 0. The Bertz CT molecular complexity index is 2320. The van der Waals surface area contributed by atoms with E-state index < -0.39 is 0 Å². The first kappa shape index (κ1) is 24.6. The summed E-state index contributed by atoms with van der Waals surface area (Å²) >= 11 is 0. The standard InChI is InChI=1S/C39H26N5/c1-4-14-26(15-5-1)37-40-38(27-16-6-2-7-17-27)42-39(41-37)44-34-23-13-11-21-30(34)32-25-24-31-29-20-10-12-22-33(29)43(35(31)36(32)44)28-18-8-3-9-19-28/h1-25,36H/q+1. The van der Waals surface area contributed by atoms with Crippen molar-refractivity contribution in [3.63, 3.8) is 0 Å². The Morgan fingerprint density at radius 1 is 0.545 bits per heavy atom. The summed E-state index contributed by atoms with van der Waals surface area (Å²) < 4.78 is 4.72. The van der Waals surface area contributed by atoms with Crippen LogP contribution in [0.4, 0.5) is 5.95 Å². The first-order valence-electron chi connectivity index (χ1n) is 14.8. The van der Waals surface area contributed by atoms with Gasteiger partial charge in [-0.05, 0) is 58.5 Å². The van der Waals surface area contributed by atoms with E-state index in [2.05, 4.69) is 124 Å². The topological polar surface area (TPSA) is 46.6 Å². The van der Waals surface area contributed by atoms with Gasteiger partial charge in [0.1, 0.15) is 5.36 Å². The van der Waals surface area contributed by atoms with E-state index in [1.54, 1.807) is 0 Å².